The van der Waals surface area contributed by atoms with Crippen molar-refractivity contribution in [1.82, 2.24) is 20.0 Å². The van der Waals surface area contributed by atoms with E-state index in [1.165, 1.54) is 5.56 Å². The number of aromatic nitrogens is 3. The first-order chi connectivity index (χ1) is 20.5. The van der Waals surface area contributed by atoms with Crippen LogP contribution in [0.15, 0.2) is 83.4 Å². The van der Waals surface area contributed by atoms with E-state index in [0.29, 0.717) is 49.3 Å². The van der Waals surface area contributed by atoms with Gasteiger partial charge in [0.15, 0.2) is 0 Å². The summed E-state index contributed by atoms with van der Waals surface area (Å²) >= 11 is 0. The van der Waals surface area contributed by atoms with Crippen LogP contribution in [0.25, 0.3) is 22.4 Å². The standard InChI is InChI=1S/C34H35N5O3/c1-4-24-13-15-25(16-14-24)34(40)39-19-17-38(18-20-39)32-30-31(37-42-33(30)36-29(35-32)21-23(2)3)26-9-8-12-28(22-26)41-27-10-6-5-7-11-27/h5-16,22-23H,4,17-21H2,1-3H3. The van der Waals surface area contributed by atoms with E-state index in [9.17, 15) is 4.79 Å². The van der Waals surface area contributed by atoms with Crippen LogP contribution in [0.4, 0.5) is 5.82 Å². The molecule has 0 radical (unpaired) electrons. The van der Waals surface area contributed by atoms with Gasteiger partial charge in [0.25, 0.3) is 11.6 Å². The maximum absolute atomic E-state index is 13.2. The SMILES string of the molecule is CCc1ccc(C(=O)N2CCN(c3nc(CC(C)C)nc4onc(-c5cccc(Oc6ccccc6)c5)c34)CC2)cc1. The molecule has 3 aromatic carbocycles. The molecule has 1 amide bonds. The lowest BCUT2D eigenvalue weighted by Crippen LogP contribution is -2.49. The van der Waals surface area contributed by atoms with Crippen LogP contribution in [0.3, 0.4) is 0 Å². The molecule has 8 nitrogen and oxygen atoms in total. The predicted octanol–water partition coefficient (Wildman–Crippen LogP) is 6.80. The molecule has 2 aromatic heterocycles. The Morgan fingerprint density at radius 3 is 2.36 bits per heavy atom. The molecule has 0 saturated carbocycles. The third-order valence-corrected chi connectivity index (χ3v) is 7.52. The van der Waals surface area contributed by atoms with E-state index in [1.807, 2.05) is 83.8 Å². The third kappa shape index (κ3) is 5.84. The molecule has 1 saturated heterocycles. The minimum Gasteiger partial charge on any atom is -0.457 e. The number of aryl methyl sites for hydroxylation is 1. The zero-order valence-electron chi connectivity index (χ0n) is 24.3. The molecule has 1 aliphatic rings. The normalized spacial score (nSPS) is 13.6. The molecule has 0 atom stereocenters. The van der Waals surface area contributed by atoms with Crippen molar-refractivity contribution < 1.29 is 14.1 Å². The predicted molar refractivity (Wildman–Crippen MR) is 164 cm³/mol. The molecule has 214 valence electrons. The minimum atomic E-state index is 0.0616. The maximum Gasteiger partial charge on any atom is 0.263 e. The summed E-state index contributed by atoms with van der Waals surface area (Å²) in [5.74, 6) is 3.43. The molecule has 6 rings (SSSR count). The van der Waals surface area contributed by atoms with Crippen molar-refractivity contribution in [3.63, 3.8) is 0 Å². The van der Waals surface area contributed by atoms with Crippen LogP contribution in [0.1, 0.15) is 42.5 Å². The monoisotopic (exact) mass is 561 g/mol. The van der Waals surface area contributed by atoms with Gasteiger partial charge in [-0.25, -0.2) is 4.98 Å². The van der Waals surface area contributed by atoms with E-state index in [2.05, 4.69) is 30.8 Å². The van der Waals surface area contributed by atoms with Crippen LogP contribution in [-0.4, -0.2) is 52.1 Å². The van der Waals surface area contributed by atoms with Crippen molar-refractivity contribution in [2.24, 2.45) is 5.92 Å². The van der Waals surface area contributed by atoms with E-state index in [-0.39, 0.29) is 5.91 Å². The Morgan fingerprint density at radius 2 is 1.64 bits per heavy atom. The molecular formula is C34H35N5O3. The summed E-state index contributed by atoms with van der Waals surface area (Å²) in [6, 6.07) is 25.4. The summed E-state index contributed by atoms with van der Waals surface area (Å²) in [4.78, 5) is 27.2. The lowest BCUT2D eigenvalue weighted by molar-refractivity contribution is 0.0746. The Labute approximate surface area is 245 Å². The van der Waals surface area contributed by atoms with Gasteiger partial charge < -0.3 is 19.1 Å². The molecule has 1 fully saturated rings. The Bertz CT molecular complexity index is 1670. The second-order valence-corrected chi connectivity index (χ2v) is 11.0. The average molecular weight is 562 g/mol. The first kappa shape index (κ1) is 27.4. The van der Waals surface area contributed by atoms with Gasteiger partial charge >= 0.3 is 0 Å². The lowest BCUT2D eigenvalue weighted by atomic mass is 10.1. The number of fused-ring (bicyclic) bond motifs is 1. The molecule has 5 aromatic rings. The number of amides is 1. The summed E-state index contributed by atoms with van der Waals surface area (Å²) in [7, 11) is 0. The number of hydrogen-bond donors (Lipinski definition) is 0. The number of piperazine rings is 1. The molecule has 0 N–H and O–H groups in total. The summed E-state index contributed by atoms with van der Waals surface area (Å²) in [6.07, 6.45) is 1.68. The number of rotatable bonds is 8. The van der Waals surface area contributed by atoms with Gasteiger partial charge in [-0.1, -0.05) is 68.4 Å². The molecule has 0 spiro atoms. The summed E-state index contributed by atoms with van der Waals surface area (Å²) in [6.45, 7) is 8.90. The summed E-state index contributed by atoms with van der Waals surface area (Å²) in [5, 5.41) is 5.23. The first-order valence-electron chi connectivity index (χ1n) is 14.6. The smallest absolute Gasteiger partial charge is 0.263 e. The fraction of sp³-hybridized carbons (Fsp3) is 0.294. The highest BCUT2D eigenvalue weighted by Gasteiger charge is 2.28. The Balaban J connectivity index is 1.30. The number of para-hydroxylation sites is 1. The second kappa shape index (κ2) is 12.0. The lowest BCUT2D eigenvalue weighted by Gasteiger charge is -2.35. The fourth-order valence-corrected chi connectivity index (χ4v) is 5.28. The number of nitrogens with zero attached hydrogens (tertiary/aromatic N) is 5. The van der Waals surface area contributed by atoms with Gasteiger partial charge in [0, 0.05) is 43.7 Å². The van der Waals surface area contributed by atoms with E-state index in [0.717, 1.165) is 46.7 Å². The number of carbonyl (C=O) groups is 1. The van der Waals surface area contributed by atoms with Crippen LogP contribution >= 0.6 is 0 Å². The largest absolute Gasteiger partial charge is 0.457 e. The van der Waals surface area contributed by atoms with Gasteiger partial charge in [0.1, 0.15) is 34.2 Å². The van der Waals surface area contributed by atoms with Crippen molar-refractivity contribution in [2.75, 3.05) is 31.1 Å². The van der Waals surface area contributed by atoms with Gasteiger partial charge in [-0.3, -0.25) is 4.79 Å². The third-order valence-electron chi connectivity index (χ3n) is 7.52. The highest BCUT2D eigenvalue weighted by atomic mass is 16.5. The van der Waals surface area contributed by atoms with E-state index in [1.54, 1.807) is 0 Å². The fourth-order valence-electron chi connectivity index (χ4n) is 5.28. The van der Waals surface area contributed by atoms with Crippen molar-refractivity contribution in [2.45, 2.75) is 33.6 Å². The van der Waals surface area contributed by atoms with Crippen molar-refractivity contribution in [3.8, 4) is 22.8 Å². The number of hydrogen-bond acceptors (Lipinski definition) is 7. The van der Waals surface area contributed by atoms with Gasteiger partial charge in [-0.05, 0) is 54.3 Å². The number of anilines is 1. The Hall–Kier alpha value is -4.72. The molecule has 42 heavy (non-hydrogen) atoms. The second-order valence-electron chi connectivity index (χ2n) is 11.0. The number of carbonyl (C=O) groups excluding carboxylic acids is 1. The van der Waals surface area contributed by atoms with E-state index >= 15 is 0 Å². The molecule has 0 bridgehead atoms. The van der Waals surface area contributed by atoms with Crippen LogP contribution in [0, 0.1) is 5.92 Å². The van der Waals surface area contributed by atoms with Crippen LogP contribution in [0.2, 0.25) is 0 Å². The van der Waals surface area contributed by atoms with Crippen LogP contribution in [0.5, 0.6) is 11.5 Å². The Morgan fingerprint density at radius 1 is 0.905 bits per heavy atom. The summed E-state index contributed by atoms with van der Waals surface area (Å²) < 4.78 is 11.9. The topological polar surface area (TPSA) is 84.6 Å². The maximum atomic E-state index is 13.2. The molecule has 8 heteroatoms. The van der Waals surface area contributed by atoms with Crippen LogP contribution < -0.4 is 9.64 Å². The van der Waals surface area contributed by atoms with E-state index in [4.69, 9.17) is 19.2 Å². The van der Waals surface area contributed by atoms with Crippen molar-refractivity contribution >= 4 is 22.8 Å². The number of ether oxygens (including phenoxy) is 1. The average Bonchev–Trinajstić information content (AvgIpc) is 3.45. The zero-order valence-corrected chi connectivity index (χ0v) is 24.3. The van der Waals surface area contributed by atoms with Crippen molar-refractivity contribution in [3.05, 3.63) is 95.8 Å². The molecule has 3 heterocycles. The molecule has 1 aliphatic heterocycles. The highest BCUT2D eigenvalue weighted by molar-refractivity contribution is 5.98. The van der Waals surface area contributed by atoms with E-state index < -0.39 is 0 Å². The first-order valence-corrected chi connectivity index (χ1v) is 14.6. The van der Waals surface area contributed by atoms with Gasteiger partial charge in [-0.15, -0.1) is 0 Å². The highest BCUT2D eigenvalue weighted by Crippen LogP contribution is 2.36. The zero-order chi connectivity index (χ0) is 29.1. The van der Waals surface area contributed by atoms with Gasteiger partial charge in [0.2, 0.25) is 0 Å². The summed E-state index contributed by atoms with van der Waals surface area (Å²) in [5.41, 5.74) is 3.94. The molecule has 0 unspecified atom stereocenters. The van der Waals surface area contributed by atoms with Crippen molar-refractivity contribution in [1.29, 1.82) is 0 Å². The van der Waals surface area contributed by atoms with Gasteiger partial charge in [-0.2, -0.15) is 4.98 Å². The Kier molecular flexibility index (Phi) is 7.86. The molecular weight excluding hydrogens is 526 g/mol. The quantitative estimate of drug-likeness (QED) is 0.206. The van der Waals surface area contributed by atoms with Crippen LogP contribution in [-0.2, 0) is 12.8 Å². The van der Waals surface area contributed by atoms with Gasteiger partial charge in [0.05, 0.1) is 0 Å². The minimum absolute atomic E-state index is 0.0616. The molecule has 0 aliphatic carbocycles. The number of benzene rings is 3.